The Hall–Kier alpha value is -2.03. The minimum atomic E-state index is -0.601. The van der Waals surface area contributed by atoms with Gasteiger partial charge in [0.1, 0.15) is 19.8 Å². The summed E-state index contributed by atoms with van der Waals surface area (Å²) >= 11 is 0. The van der Waals surface area contributed by atoms with Gasteiger partial charge in [-0.2, -0.15) is 0 Å². The average Bonchev–Trinajstić information content (AvgIpc) is 2.55. The largest absolute Gasteiger partial charge is 0.487 e. The molecule has 0 aromatic heterocycles. The van der Waals surface area contributed by atoms with Crippen molar-refractivity contribution >= 4 is 5.97 Å². The number of aliphatic hydroxyl groups is 3. The number of rotatable bonds is 10. The summed E-state index contributed by atoms with van der Waals surface area (Å²) in [6.07, 6.45) is 0. The second kappa shape index (κ2) is 9.82. The van der Waals surface area contributed by atoms with Crippen molar-refractivity contribution in [1.82, 2.24) is 0 Å². The van der Waals surface area contributed by atoms with Crippen LogP contribution in [-0.2, 0) is 4.74 Å². The molecule has 0 radical (unpaired) electrons. The van der Waals surface area contributed by atoms with E-state index >= 15 is 0 Å². The number of hydrogen-bond donors (Lipinski definition) is 3. The van der Waals surface area contributed by atoms with Gasteiger partial charge in [0.25, 0.3) is 0 Å². The Morgan fingerprint density at radius 3 is 1.77 bits per heavy atom. The van der Waals surface area contributed by atoms with Gasteiger partial charge in [-0.15, -0.1) is 0 Å². The molecule has 8 nitrogen and oxygen atoms in total. The molecule has 0 aliphatic carbocycles. The van der Waals surface area contributed by atoms with Crippen molar-refractivity contribution in [2.75, 3.05) is 46.8 Å². The van der Waals surface area contributed by atoms with Crippen molar-refractivity contribution in [3.05, 3.63) is 17.7 Å². The standard InChI is InChI=1S/C14H20O8/c1-19-14(18)10-8-11(20-5-2-15)13(22-7-4-17)12(9-10)21-6-3-16/h8-9,15-17H,2-7H2,1H3. The Morgan fingerprint density at radius 1 is 0.909 bits per heavy atom. The lowest BCUT2D eigenvalue weighted by Crippen LogP contribution is -2.11. The minimum Gasteiger partial charge on any atom is -0.487 e. The quantitative estimate of drug-likeness (QED) is 0.499. The van der Waals surface area contributed by atoms with Crippen molar-refractivity contribution in [1.29, 1.82) is 0 Å². The molecule has 22 heavy (non-hydrogen) atoms. The molecule has 124 valence electrons. The molecule has 0 saturated heterocycles. The Morgan fingerprint density at radius 2 is 1.36 bits per heavy atom. The van der Waals surface area contributed by atoms with E-state index < -0.39 is 5.97 Å². The number of carbonyl (C=O) groups is 1. The Bertz CT molecular complexity index is 445. The molecule has 0 amide bonds. The van der Waals surface area contributed by atoms with Gasteiger partial charge in [0, 0.05) is 0 Å². The monoisotopic (exact) mass is 316 g/mol. The Labute approximate surface area is 127 Å². The van der Waals surface area contributed by atoms with Gasteiger partial charge in [-0.05, 0) is 12.1 Å². The van der Waals surface area contributed by atoms with Gasteiger partial charge in [0.05, 0.1) is 32.5 Å². The summed E-state index contributed by atoms with van der Waals surface area (Å²) in [6, 6.07) is 2.78. The maximum atomic E-state index is 11.7. The highest BCUT2D eigenvalue weighted by molar-refractivity contribution is 5.91. The first-order valence-corrected chi connectivity index (χ1v) is 6.65. The molecule has 0 aliphatic rings. The van der Waals surface area contributed by atoms with Crippen molar-refractivity contribution in [3.63, 3.8) is 0 Å². The van der Waals surface area contributed by atoms with E-state index in [2.05, 4.69) is 4.74 Å². The molecule has 8 heteroatoms. The molecule has 1 aromatic rings. The summed E-state index contributed by atoms with van der Waals surface area (Å²) in [5.41, 5.74) is 0.166. The van der Waals surface area contributed by atoms with E-state index in [0.717, 1.165) is 0 Å². The summed E-state index contributed by atoms with van der Waals surface area (Å²) in [5, 5.41) is 26.6. The second-order valence-electron chi connectivity index (χ2n) is 4.01. The van der Waals surface area contributed by atoms with Crippen LogP contribution in [0.2, 0.25) is 0 Å². The molecular formula is C14H20O8. The first kappa shape index (κ1) is 18.0. The third-order valence-corrected chi connectivity index (χ3v) is 2.48. The van der Waals surface area contributed by atoms with Gasteiger partial charge in [0.15, 0.2) is 11.5 Å². The number of ether oxygens (including phenoxy) is 4. The van der Waals surface area contributed by atoms with Gasteiger partial charge in [-0.1, -0.05) is 0 Å². The van der Waals surface area contributed by atoms with Crippen LogP contribution in [0.4, 0.5) is 0 Å². The molecule has 0 aliphatic heterocycles. The van der Waals surface area contributed by atoms with Crippen LogP contribution in [0, 0.1) is 0 Å². The van der Waals surface area contributed by atoms with E-state index in [1.54, 1.807) is 0 Å². The van der Waals surface area contributed by atoms with Gasteiger partial charge in [-0.25, -0.2) is 4.79 Å². The zero-order valence-corrected chi connectivity index (χ0v) is 12.3. The normalized spacial score (nSPS) is 10.2. The summed E-state index contributed by atoms with van der Waals surface area (Å²) < 4.78 is 20.7. The molecule has 0 spiro atoms. The molecule has 0 bridgehead atoms. The maximum absolute atomic E-state index is 11.7. The molecule has 3 N–H and O–H groups in total. The molecule has 0 unspecified atom stereocenters. The minimum absolute atomic E-state index is 0.0114. The van der Waals surface area contributed by atoms with Crippen LogP contribution in [0.15, 0.2) is 12.1 Å². The number of benzene rings is 1. The van der Waals surface area contributed by atoms with Crippen LogP contribution in [0.25, 0.3) is 0 Å². The van der Waals surface area contributed by atoms with E-state index in [-0.39, 0.29) is 62.5 Å². The molecular weight excluding hydrogens is 296 g/mol. The molecule has 1 aromatic carbocycles. The average molecular weight is 316 g/mol. The van der Waals surface area contributed by atoms with Gasteiger partial charge in [-0.3, -0.25) is 0 Å². The number of methoxy groups -OCH3 is 1. The van der Waals surface area contributed by atoms with Crippen LogP contribution in [0.3, 0.4) is 0 Å². The number of hydrogen-bond acceptors (Lipinski definition) is 8. The first-order valence-electron chi connectivity index (χ1n) is 6.65. The smallest absolute Gasteiger partial charge is 0.338 e. The SMILES string of the molecule is COC(=O)c1cc(OCCO)c(OCCO)c(OCCO)c1. The summed E-state index contributed by atoms with van der Waals surface area (Å²) in [4.78, 5) is 11.7. The molecule has 0 fully saturated rings. The molecule has 0 saturated carbocycles. The van der Waals surface area contributed by atoms with Crippen molar-refractivity contribution in [2.45, 2.75) is 0 Å². The fraction of sp³-hybridized carbons (Fsp3) is 0.500. The van der Waals surface area contributed by atoms with Crippen molar-refractivity contribution < 1.29 is 39.1 Å². The van der Waals surface area contributed by atoms with Crippen LogP contribution < -0.4 is 14.2 Å². The summed E-state index contributed by atoms with van der Waals surface area (Å²) in [7, 11) is 1.24. The highest BCUT2D eigenvalue weighted by atomic mass is 16.6. The Balaban J connectivity index is 3.22. The summed E-state index contributed by atoms with van der Waals surface area (Å²) in [6.45, 7) is -0.720. The molecule has 1 rings (SSSR count). The van der Waals surface area contributed by atoms with Gasteiger partial charge in [0.2, 0.25) is 5.75 Å². The zero-order valence-electron chi connectivity index (χ0n) is 12.3. The fourth-order valence-electron chi connectivity index (χ4n) is 1.63. The van der Waals surface area contributed by atoms with Crippen LogP contribution in [-0.4, -0.2) is 68.0 Å². The van der Waals surface area contributed by atoms with E-state index in [0.29, 0.717) is 0 Å². The fourth-order valence-corrected chi connectivity index (χ4v) is 1.63. The van der Waals surface area contributed by atoms with E-state index in [1.165, 1.54) is 19.2 Å². The zero-order chi connectivity index (χ0) is 16.4. The second-order valence-corrected chi connectivity index (χ2v) is 4.01. The number of esters is 1. The highest BCUT2D eigenvalue weighted by Gasteiger charge is 2.19. The van der Waals surface area contributed by atoms with E-state index in [9.17, 15) is 4.79 Å². The topological polar surface area (TPSA) is 115 Å². The predicted molar refractivity (Wildman–Crippen MR) is 75.5 cm³/mol. The van der Waals surface area contributed by atoms with E-state index in [4.69, 9.17) is 29.5 Å². The lowest BCUT2D eigenvalue weighted by molar-refractivity contribution is 0.0599. The van der Waals surface area contributed by atoms with Crippen LogP contribution in [0.5, 0.6) is 17.2 Å². The van der Waals surface area contributed by atoms with Crippen molar-refractivity contribution in [2.24, 2.45) is 0 Å². The lowest BCUT2D eigenvalue weighted by atomic mass is 10.2. The van der Waals surface area contributed by atoms with Crippen LogP contribution in [0.1, 0.15) is 10.4 Å². The highest BCUT2D eigenvalue weighted by Crippen LogP contribution is 2.39. The maximum Gasteiger partial charge on any atom is 0.338 e. The third kappa shape index (κ3) is 5.06. The molecule has 0 heterocycles. The van der Waals surface area contributed by atoms with Crippen molar-refractivity contribution in [3.8, 4) is 17.2 Å². The van der Waals surface area contributed by atoms with E-state index in [1.807, 2.05) is 0 Å². The third-order valence-electron chi connectivity index (χ3n) is 2.48. The number of aliphatic hydroxyl groups excluding tert-OH is 3. The van der Waals surface area contributed by atoms with Crippen LogP contribution >= 0.6 is 0 Å². The molecule has 0 atom stereocenters. The lowest BCUT2D eigenvalue weighted by Gasteiger charge is -2.17. The van der Waals surface area contributed by atoms with Gasteiger partial charge >= 0.3 is 5.97 Å². The first-order chi connectivity index (χ1) is 10.7. The van der Waals surface area contributed by atoms with Gasteiger partial charge < -0.3 is 34.3 Å². The summed E-state index contributed by atoms with van der Waals surface area (Å²) in [5.74, 6) is -0.100. The Kier molecular flexibility index (Phi) is 8.05. The predicted octanol–water partition coefficient (Wildman–Crippen LogP) is -0.414. The number of carbonyl (C=O) groups excluding carboxylic acids is 1.